The largest absolute Gasteiger partial charge is 0.508 e. The highest BCUT2D eigenvalue weighted by molar-refractivity contribution is 6.22. The third kappa shape index (κ3) is 4.98. The van der Waals surface area contributed by atoms with Crippen LogP contribution < -0.4 is 5.73 Å². The first-order chi connectivity index (χ1) is 19.5. The van der Waals surface area contributed by atoms with E-state index in [2.05, 4.69) is 0 Å². The van der Waals surface area contributed by atoms with Crippen molar-refractivity contribution in [3.8, 4) is 5.75 Å². The average molecular weight is 593 g/mol. The summed E-state index contributed by atoms with van der Waals surface area (Å²) in [5, 5.41) is 44.2. The fourth-order valence-corrected chi connectivity index (χ4v) is 6.82. The van der Waals surface area contributed by atoms with Crippen LogP contribution in [0.1, 0.15) is 68.2 Å². The standard InChI is InChI=1S/C30H35F3N2O7/c1-13(2)5-6-35(11-14-3-4-14)12-16-9-19(36)22-18(24(16)30(31,32)33)8-15-7-17-10-20(37)23(28(34)41)27(40)29(17,42)26(39)21(15)25(22)38/h9,13-15,17,36,38,40,42H,3-8,10-12H2,1-2H3,(H2,34,41)/t15?,17-,29-/m0/s1. The molecule has 6 N–H and O–H groups in total. The number of aliphatic hydroxyl groups excluding tert-OH is 2. The summed E-state index contributed by atoms with van der Waals surface area (Å²) in [5.41, 5.74) is -1.06. The smallest absolute Gasteiger partial charge is 0.417 e. The molecular weight excluding hydrogens is 557 g/mol. The van der Waals surface area contributed by atoms with Gasteiger partial charge in [0.15, 0.2) is 11.4 Å². The van der Waals surface area contributed by atoms with Crippen LogP contribution in [-0.2, 0) is 33.5 Å². The van der Waals surface area contributed by atoms with E-state index in [1.54, 1.807) is 0 Å². The second kappa shape index (κ2) is 10.4. The van der Waals surface area contributed by atoms with Gasteiger partial charge in [0, 0.05) is 31.0 Å². The highest BCUT2D eigenvalue weighted by atomic mass is 19.4. The number of aliphatic hydroxyl groups is 3. The minimum atomic E-state index is -4.86. The number of carbonyl (C=O) groups is 3. The number of hydrogen-bond acceptors (Lipinski definition) is 8. The first-order valence-corrected chi connectivity index (χ1v) is 14.2. The summed E-state index contributed by atoms with van der Waals surface area (Å²) in [6.07, 6.45) is -3.25. The Morgan fingerprint density at radius 1 is 1.17 bits per heavy atom. The number of nitrogens with two attached hydrogens (primary N) is 1. The van der Waals surface area contributed by atoms with Crippen molar-refractivity contribution in [1.82, 2.24) is 4.90 Å². The number of aromatic hydroxyl groups is 1. The van der Waals surface area contributed by atoms with Gasteiger partial charge in [-0.2, -0.15) is 13.2 Å². The SMILES string of the molecule is CC(C)CCN(Cc1cc(O)c2c(c1C(F)(F)F)CC1C[C@H]3CC(=O)C(C(N)=O)=C(O)[C@@]3(O)C(=O)C1=C2O)CC1CC1. The van der Waals surface area contributed by atoms with Crippen molar-refractivity contribution in [2.75, 3.05) is 13.1 Å². The predicted octanol–water partition coefficient (Wildman–Crippen LogP) is 3.70. The topological polar surface area (TPSA) is 161 Å². The molecule has 3 atom stereocenters. The Bertz CT molecular complexity index is 1430. The van der Waals surface area contributed by atoms with Crippen molar-refractivity contribution in [2.45, 2.75) is 70.7 Å². The second-order valence-electron chi connectivity index (χ2n) is 12.5. The van der Waals surface area contributed by atoms with Gasteiger partial charge in [-0.1, -0.05) is 13.8 Å². The Morgan fingerprint density at radius 3 is 2.40 bits per heavy atom. The lowest BCUT2D eigenvalue weighted by Gasteiger charge is -2.46. The van der Waals surface area contributed by atoms with Gasteiger partial charge < -0.3 is 26.2 Å². The van der Waals surface area contributed by atoms with Crippen LogP contribution in [0.4, 0.5) is 13.2 Å². The predicted molar refractivity (Wildman–Crippen MR) is 144 cm³/mol. The fourth-order valence-electron chi connectivity index (χ4n) is 6.82. The Labute approximate surface area is 240 Å². The van der Waals surface area contributed by atoms with Crippen molar-refractivity contribution < 1.29 is 48.0 Å². The highest BCUT2D eigenvalue weighted by Gasteiger charge is 2.60. The molecule has 1 amide bonds. The zero-order valence-corrected chi connectivity index (χ0v) is 23.4. The zero-order chi connectivity index (χ0) is 30.9. The summed E-state index contributed by atoms with van der Waals surface area (Å²) in [7, 11) is 0. The van der Waals surface area contributed by atoms with Crippen LogP contribution in [0.3, 0.4) is 0 Å². The first-order valence-electron chi connectivity index (χ1n) is 14.2. The van der Waals surface area contributed by atoms with E-state index in [0.29, 0.717) is 24.9 Å². The molecule has 0 bridgehead atoms. The number of nitrogens with zero attached hydrogens (tertiary/aromatic N) is 1. The Hall–Kier alpha value is -3.38. The Balaban J connectivity index is 1.62. The van der Waals surface area contributed by atoms with E-state index in [-0.39, 0.29) is 24.1 Å². The van der Waals surface area contributed by atoms with Gasteiger partial charge in [-0.05, 0) is 73.6 Å². The number of hydrogen-bond donors (Lipinski definition) is 5. The molecule has 1 aromatic carbocycles. The number of amides is 1. The minimum absolute atomic E-state index is 0.0642. The molecule has 12 heteroatoms. The van der Waals surface area contributed by atoms with E-state index >= 15 is 0 Å². The number of halogens is 3. The molecule has 2 fully saturated rings. The third-order valence-electron chi connectivity index (χ3n) is 9.06. The van der Waals surface area contributed by atoms with Gasteiger partial charge in [0.05, 0.1) is 11.1 Å². The molecule has 0 spiro atoms. The molecule has 1 aromatic rings. The summed E-state index contributed by atoms with van der Waals surface area (Å²) in [6, 6.07) is 0.973. The molecule has 0 aromatic heterocycles. The molecule has 0 saturated heterocycles. The molecule has 228 valence electrons. The van der Waals surface area contributed by atoms with E-state index in [1.807, 2.05) is 18.7 Å². The molecule has 4 aliphatic rings. The maximum absolute atomic E-state index is 14.8. The maximum Gasteiger partial charge on any atom is 0.417 e. The first kappa shape index (κ1) is 30.1. The van der Waals surface area contributed by atoms with Crippen LogP contribution in [0, 0.1) is 23.7 Å². The van der Waals surface area contributed by atoms with Crippen LogP contribution in [0.15, 0.2) is 23.0 Å². The quantitative estimate of drug-likeness (QED) is 0.286. The van der Waals surface area contributed by atoms with E-state index in [9.17, 15) is 48.0 Å². The van der Waals surface area contributed by atoms with Gasteiger partial charge in [-0.25, -0.2) is 0 Å². The van der Waals surface area contributed by atoms with Gasteiger partial charge >= 0.3 is 6.18 Å². The number of alkyl halides is 3. The van der Waals surface area contributed by atoms with Gasteiger partial charge in [-0.3, -0.25) is 19.3 Å². The Kier molecular flexibility index (Phi) is 7.46. The fraction of sp³-hybridized carbons (Fsp3) is 0.567. The third-order valence-corrected chi connectivity index (χ3v) is 9.06. The van der Waals surface area contributed by atoms with Gasteiger partial charge in [0.2, 0.25) is 5.78 Å². The van der Waals surface area contributed by atoms with Gasteiger partial charge in [0.1, 0.15) is 22.8 Å². The van der Waals surface area contributed by atoms with Crippen molar-refractivity contribution in [3.63, 3.8) is 0 Å². The molecule has 4 aliphatic carbocycles. The van der Waals surface area contributed by atoms with Crippen molar-refractivity contribution in [3.05, 3.63) is 45.2 Å². The van der Waals surface area contributed by atoms with Crippen LogP contribution in [-0.4, -0.2) is 61.5 Å². The maximum atomic E-state index is 14.8. The molecule has 5 rings (SSSR count). The highest BCUT2D eigenvalue weighted by Crippen LogP contribution is 2.54. The average Bonchev–Trinajstić information content (AvgIpc) is 3.67. The lowest BCUT2D eigenvalue weighted by atomic mass is 9.59. The summed E-state index contributed by atoms with van der Waals surface area (Å²) in [6.45, 7) is 5.21. The van der Waals surface area contributed by atoms with Crippen LogP contribution in [0.2, 0.25) is 0 Å². The number of benzene rings is 1. The number of primary amides is 1. The summed E-state index contributed by atoms with van der Waals surface area (Å²) >= 11 is 0. The number of phenols is 1. The molecule has 2 saturated carbocycles. The number of rotatable bonds is 8. The van der Waals surface area contributed by atoms with Gasteiger partial charge in [0.25, 0.3) is 5.91 Å². The van der Waals surface area contributed by atoms with E-state index < -0.39 is 93.5 Å². The number of carbonyl (C=O) groups excluding carboxylic acids is 3. The van der Waals surface area contributed by atoms with Crippen LogP contribution in [0.5, 0.6) is 5.75 Å². The molecule has 9 nitrogen and oxygen atoms in total. The van der Waals surface area contributed by atoms with E-state index in [0.717, 1.165) is 25.3 Å². The molecule has 1 unspecified atom stereocenters. The monoisotopic (exact) mass is 592 g/mol. The van der Waals surface area contributed by atoms with Crippen LogP contribution >= 0.6 is 0 Å². The van der Waals surface area contributed by atoms with Crippen molar-refractivity contribution >= 4 is 23.2 Å². The van der Waals surface area contributed by atoms with E-state index in [1.165, 1.54) is 0 Å². The van der Waals surface area contributed by atoms with Crippen molar-refractivity contribution in [1.29, 1.82) is 0 Å². The molecule has 0 radical (unpaired) electrons. The number of Topliss-reactive ketones (excluding diaryl/α,β-unsaturated/α-hetero) is 2. The van der Waals surface area contributed by atoms with Gasteiger partial charge in [-0.15, -0.1) is 0 Å². The zero-order valence-electron chi connectivity index (χ0n) is 23.4. The number of ketones is 2. The molecule has 42 heavy (non-hydrogen) atoms. The number of phenolic OH excluding ortho intramolecular Hbond substituents is 1. The lowest BCUT2D eigenvalue weighted by molar-refractivity contribution is -0.147. The Morgan fingerprint density at radius 2 is 1.83 bits per heavy atom. The molecular formula is C30H35F3N2O7. The summed E-state index contributed by atoms with van der Waals surface area (Å²) in [4.78, 5) is 39.9. The molecule has 0 heterocycles. The second-order valence-corrected chi connectivity index (χ2v) is 12.5. The summed E-state index contributed by atoms with van der Waals surface area (Å²) < 4.78 is 44.3. The lowest BCUT2D eigenvalue weighted by Crippen LogP contribution is -2.58. The normalized spacial score (nSPS) is 26.1. The van der Waals surface area contributed by atoms with E-state index in [4.69, 9.17) is 5.73 Å². The summed E-state index contributed by atoms with van der Waals surface area (Å²) in [5.74, 6) is -7.89. The van der Waals surface area contributed by atoms with Crippen molar-refractivity contribution in [2.24, 2.45) is 29.4 Å². The number of fused-ring (bicyclic) bond motifs is 3. The van der Waals surface area contributed by atoms with Crippen LogP contribution in [0.25, 0.3) is 5.76 Å². The minimum Gasteiger partial charge on any atom is -0.508 e. The molecule has 0 aliphatic heterocycles.